The summed E-state index contributed by atoms with van der Waals surface area (Å²) in [6.07, 6.45) is 4.16. The first kappa shape index (κ1) is 11.3. The van der Waals surface area contributed by atoms with Crippen LogP contribution in [0.15, 0.2) is 29.7 Å². The molecule has 0 radical (unpaired) electrons. The van der Waals surface area contributed by atoms with E-state index in [-0.39, 0.29) is 5.60 Å². The number of anilines is 1. The van der Waals surface area contributed by atoms with Gasteiger partial charge in [-0.15, -0.1) is 11.3 Å². The van der Waals surface area contributed by atoms with E-state index in [1.54, 1.807) is 0 Å². The molecule has 1 aliphatic rings. The van der Waals surface area contributed by atoms with Gasteiger partial charge in [0.15, 0.2) is 5.13 Å². The summed E-state index contributed by atoms with van der Waals surface area (Å²) in [4.78, 5) is 4.33. The Morgan fingerprint density at radius 3 is 2.89 bits per heavy atom. The Hall–Kier alpha value is -1.81. The number of hydrogen-bond acceptors (Lipinski definition) is 4. The molecule has 1 aromatic carbocycles. The Balaban J connectivity index is 2.16. The summed E-state index contributed by atoms with van der Waals surface area (Å²) >= 11 is 1.44. The third-order valence-electron chi connectivity index (χ3n) is 2.87. The summed E-state index contributed by atoms with van der Waals surface area (Å²) in [7, 11) is 0. The van der Waals surface area contributed by atoms with Gasteiger partial charge in [-0.05, 0) is 26.0 Å². The van der Waals surface area contributed by atoms with Gasteiger partial charge in [0, 0.05) is 16.5 Å². The fourth-order valence-corrected chi connectivity index (χ4v) is 2.56. The Kier molecular flexibility index (Phi) is 2.41. The fourth-order valence-electron chi connectivity index (χ4n) is 2.00. The highest BCUT2D eigenvalue weighted by atomic mass is 32.1. The van der Waals surface area contributed by atoms with Gasteiger partial charge in [-0.1, -0.05) is 18.2 Å². The lowest BCUT2D eigenvalue weighted by Gasteiger charge is -2.29. The van der Waals surface area contributed by atoms with Crippen molar-refractivity contribution in [2.24, 2.45) is 0 Å². The lowest BCUT2D eigenvalue weighted by molar-refractivity contribution is 0.160. The van der Waals surface area contributed by atoms with Crippen LogP contribution in [0.5, 0.6) is 5.75 Å². The number of ether oxygens (including phenoxy) is 1. The summed E-state index contributed by atoms with van der Waals surface area (Å²) in [5, 5.41) is 2.54. The van der Waals surface area contributed by atoms with Gasteiger partial charge < -0.3 is 10.5 Å². The Bertz CT molecular complexity index is 628. The molecule has 0 saturated carbocycles. The van der Waals surface area contributed by atoms with Crippen molar-refractivity contribution in [1.29, 1.82) is 0 Å². The van der Waals surface area contributed by atoms with Gasteiger partial charge in [0.1, 0.15) is 11.4 Å². The molecule has 0 saturated heterocycles. The van der Waals surface area contributed by atoms with E-state index in [2.05, 4.69) is 17.1 Å². The summed E-state index contributed by atoms with van der Waals surface area (Å²) in [6, 6.07) is 6.07. The van der Waals surface area contributed by atoms with E-state index >= 15 is 0 Å². The second-order valence-corrected chi connectivity index (χ2v) is 5.72. The van der Waals surface area contributed by atoms with Gasteiger partial charge in [-0.2, -0.15) is 0 Å². The predicted octanol–water partition coefficient (Wildman–Crippen LogP) is 3.58. The van der Waals surface area contributed by atoms with Crippen LogP contribution in [-0.2, 0) is 0 Å². The number of hydrogen-bond donors (Lipinski definition) is 1. The molecule has 0 unspecified atom stereocenters. The van der Waals surface area contributed by atoms with Crippen LogP contribution in [0, 0.1) is 0 Å². The minimum Gasteiger partial charge on any atom is -0.482 e. The second-order valence-electron chi connectivity index (χ2n) is 4.83. The zero-order valence-corrected chi connectivity index (χ0v) is 11.1. The van der Waals surface area contributed by atoms with E-state index in [0.717, 1.165) is 22.6 Å². The van der Waals surface area contributed by atoms with Crippen LogP contribution in [0.4, 0.5) is 5.13 Å². The van der Waals surface area contributed by atoms with E-state index in [0.29, 0.717) is 5.13 Å². The van der Waals surface area contributed by atoms with Crippen molar-refractivity contribution in [3.63, 3.8) is 0 Å². The number of para-hydroxylation sites is 1. The lowest BCUT2D eigenvalue weighted by atomic mass is 9.99. The van der Waals surface area contributed by atoms with Crippen LogP contribution >= 0.6 is 11.3 Å². The second kappa shape index (κ2) is 3.85. The van der Waals surface area contributed by atoms with Crippen molar-refractivity contribution < 1.29 is 4.74 Å². The van der Waals surface area contributed by atoms with Gasteiger partial charge in [-0.3, -0.25) is 0 Å². The minimum atomic E-state index is -0.287. The number of thiazole rings is 1. The average Bonchev–Trinajstić information content (AvgIpc) is 2.74. The van der Waals surface area contributed by atoms with Gasteiger partial charge >= 0.3 is 0 Å². The van der Waals surface area contributed by atoms with Crippen LogP contribution in [0.3, 0.4) is 0 Å². The lowest BCUT2D eigenvalue weighted by Crippen LogP contribution is -2.27. The standard InChI is InChI=1S/C14H14N2OS/c1-14(2)7-6-9-4-3-5-10(12(9)17-14)11-8-18-13(15)16-11/h3-8H,1-2H3,(H2,15,16). The quantitative estimate of drug-likeness (QED) is 0.850. The number of benzene rings is 1. The smallest absolute Gasteiger partial charge is 0.180 e. The molecule has 0 fully saturated rings. The van der Waals surface area contributed by atoms with Gasteiger partial charge in [0.25, 0.3) is 0 Å². The Labute approximate surface area is 110 Å². The third-order valence-corrected chi connectivity index (χ3v) is 3.55. The number of rotatable bonds is 1. The molecule has 3 rings (SSSR count). The summed E-state index contributed by atoms with van der Waals surface area (Å²) < 4.78 is 6.05. The van der Waals surface area contributed by atoms with Crippen molar-refractivity contribution in [1.82, 2.24) is 4.98 Å². The molecule has 3 nitrogen and oxygen atoms in total. The van der Waals surface area contributed by atoms with E-state index in [1.807, 2.05) is 37.4 Å². The molecule has 0 amide bonds. The fraction of sp³-hybridized carbons (Fsp3) is 0.214. The molecule has 0 atom stereocenters. The molecule has 2 N–H and O–H groups in total. The molecular weight excluding hydrogens is 244 g/mol. The summed E-state index contributed by atoms with van der Waals surface area (Å²) in [5.74, 6) is 0.885. The van der Waals surface area contributed by atoms with Gasteiger partial charge in [0.05, 0.1) is 5.69 Å². The average molecular weight is 258 g/mol. The number of fused-ring (bicyclic) bond motifs is 1. The molecule has 92 valence electrons. The SMILES string of the molecule is CC1(C)C=Cc2cccc(-c3csc(N)n3)c2O1. The Morgan fingerprint density at radius 2 is 2.17 bits per heavy atom. The normalized spacial score (nSPS) is 16.1. The van der Waals surface area contributed by atoms with Crippen LogP contribution in [-0.4, -0.2) is 10.6 Å². The molecule has 2 heterocycles. The van der Waals surface area contributed by atoms with E-state index < -0.39 is 0 Å². The topological polar surface area (TPSA) is 48.1 Å². The van der Waals surface area contributed by atoms with E-state index in [9.17, 15) is 0 Å². The van der Waals surface area contributed by atoms with Crippen molar-refractivity contribution >= 4 is 22.5 Å². The van der Waals surface area contributed by atoms with Crippen LogP contribution in [0.1, 0.15) is 19.4 Å². The molecule has 1 aromatic heterocycles. The number of nitrogen functional groups attached to an aromatic ring is 1. The largest absolute Gasteiger partial charge is 0.482 e. The highest BCUT2D eigenvalue weighted by Gasteiger charge is 2.24. The first-order chi connectivity index (χ1) is 8.55. The van der Waals surface area contributed by atoms with Crippen LogP contribution < -0.4 is 10.5 Å². The number of nitrogens with zero attached hydrogens (tertiary/aromatic N) is 1. The minimum absolute atomic E-state index is 0.287. The maximum atomic E-state index is 6.05. The Morgan fingerprint density at radius 1 is 1.33 bits per heavy atom. The number of aromatic nitrogens is 1. The monoisotopic (exact) mass is 258 g/mol. The highest BCUT2D eigenvalue weighted by Crippen LogP contribution is 2.39. The van der Waals surface area contributed by atoms with Crippen molar-refractivity contribution in [3.8, 4) is 17.0 Å². The van der Waals surface area contributed by atoms with Gasteiger partial charge in [0.2, 0.25) is 0 Å². The predicted molar refractivity (Wildman–Crippen MR) is 75.7 cm³/mol. The summed E-state index contributed by atoms with van der Waals surface area (Å²) in [6.45, 7) is 4.08. The highest BCUT2D eigenvalue weighted by molar-refractivity contribution is 7.13. The van der Waals surface area contributed by atoms with Crippen molar-refractivity contribution in [3.05, 3.63) is 35.2 Å². The third kappa shape index (κ3) is 1.88. The van der Waals surface area contributed by atoms with Crippen LogP contribution in [0.25, 0.3) is 17.3 Å². The molecule has 2 aromatic rings. The summed E-state index contributed by atoms with van der Waals surface area (Å²) in [5.41, 5.74) is 8.37. The zero-order valence-electron chi connectivity index (χ0n) is 10.3. The molecule has 0 aliphatic carbocycles. The van der Waals surface area contributed by atoms with E-state index in [1.165, 1.54) is 11.3 Å². The molecule has 18 heavy (non-hydrogen) atoms. The molecule has 1 aliphatic heterocycles. The van der Waals surface area contributed by atoms with Crippen molar-refractivity contribution in [2.45, 2.75) is 19.4 Å². The first-order valence-electron chi connectivity index (χ1n) is 5.78. The molecule has 0 spiro atoms. The van der Waals surface area contributed by atoms with Crippen LogP contribution in [0.2, 0.25) is 0 Å². The molecular formula is C14H14N2OS. The maximum Gasteiger partial charge on any atom is 0.180 e. The maximum absolute atomic E-state index is 6.05. The van der Waals surface area contributed by atoms with Crippen molar-refractivity contribution in [2.75, 3.05) is 5.73 Å². The van der Waals surface area contributed by atoms with Gasteiger partial charge in [-0.25, -0.2) is 4.98 Å². The zero-order chi connectivity index (χ0) is 12.8. The number of nitrogens with two attached hydrogens (primary N) is 1. The first-order valence-corrected chi connectivity index (χ1v) is 6.66. The molecule has 4 heteroatoms. The van der Waals surface area contributed by atoms with E-state index in [4.69, 9.17) is 10.5 Å². The molecule has 0 bridgehead atoms.